The highest BCUT2D eigenvalue weighted by molar-refractivity contribution is 5.93. The van der Waals surface area contributed by atoms with Crippen molar-refractivity contribution < 1.29 is 9.59 Å². The molecule has 0 spiro atoms. The second-order valence-electron chi connectivity index (χ2n) is 7.21. The Bertz CT molecular complexity index is 1120. The molecule has 2 N–H and O–H groups in total. The molecule has 2 amide bonds. The van der Waals surface area contributed by atoms with Crippen LogP contribution in [-0.2, 0) is 29.7 Å². The molecule has 1 aromatic carbocycles. The first-order valence-corrected chi connectivity index (χ1v) is 9.47. The zero-order valence-corrected chi connectivity index (χ0v) is 16.5. The van der Waals surface area contributed by atoms with Gasteiger partial charge in [0.25, 0.3) is 0 Å². The maximum Gasteiger partial charge on any atom is 0.246 e. The molecule has 0 saturated heterocycles. The van der Waals surface area contributed by atoms with E-state index in [1.54, 1.807) is 30.3 Å². The lowest BCUT2D eigenvalue weighted by Gasteiger charge is -2.16. The fourth-order valence-electron chi connectivity index (χ4n) is 3.47. The Kier molecular flexibility index (Phi) is 5.14. The molecule has 2 aromatic heterocycles. The minimum Gasteiger partial charge on any atom is -0.346 e. The van der Waals surface area contributed by atoms with Crippen molar-refractivity contribution in [3.63, 3.8) is 0 Å². The number of carbonyl (C=O) groups is 2. The van der Waals surface area contributed by atoms with Gasteiger partial charge in [-0.15, -0.1) is 0 Å². The lowest BCUT2D eigenvalue weighted by Crippen LogP contribution is -2.25. The Labute approximate surface area is 169 Å². The van der Waals surface area contributed by atoms with Crippen molar-refractivity contribution in [2.24, 2.45) is 7.05 Å². The summed E-state index contributed by atoms with van der Waals surface area (Å²) >= 11 is 0. The molecule has 0 bridgehead atoms. The van der Waals surface area contributed by atoms with Crippen molar-refractivity contribution in [3.8, 4) is 0 Å². The minimum absolute atomic E-state index is 0.0865. The van der Waals surface area contributed by atoms with Crippen LogP contribution in [-0.4, -0.2) is 39.9 Å². The summed E-state index contributed by atoms with van der Waals surface area (Å²) in [6.07, 6.45) is 4.95. The number of anilines is 1. The highest BCUT2D eigenvalue weighted by Crippen LogP contribution is 2.20. The number of aromatic nitrogens is 2. The van der Waals surface area contributed by atoms with Crippen LogP contribution in [0.25, 0.3) is 17.0 Å². The molecule has 29 heavy (non-hydrogen) atoms. The van der Waals surface area contributed by atoms with E-state index in [9.17, 15) is 9.59 Å². The summed E-state index contributed by atoms with van der Waals surface area (Å²) < 4.78 is 2.11. The standard InChI is InChI=1S/C22H23N5O2/c1-26(14-18-10-16-5-3-4-6-19(16)27(18)2)21(29)8-7-15-9-17-12-23-13-20(28)25-22(17)24-11-15/h3-11,23H,12-14H2,1-2H3,(H,24,25,28)/b8-7+. The zero-order chi connectivity index (χ0) is 20.4. The number of amides is 2. The summed E-state index contributed by atoms with van der Waals surface area (Å²) in [6.45, 7) is 1.34. The SMILES string of the molecule is CN(Cc1cc2ccccc2n1C)C(=O)/C=C/c1cnc2c(c1)CNCC(=O)N2. The molecule has 0 aliphatic carbocycles. The van der Waals surface area contributed by atoms with E-state index in [0.29, 0.717) is 18.9 Å². The number of carbonyl (C=O) groups excluding carboxylic acids is 2. The van der Waals surface area contributed by atoms with Crippen LogP contribution < -0.4 is 10.6 Å². The second-order valence-corrected chi connectivity index (χ2v) is 7.21. The van der Waals surface area contributed by atoms with Crippen molar-refractivity contribution in [1.29, 1.82) is 0 Å². The molecule has 0 saturated carbocycles. The minimum atomic E-state index is -0.107. The summed E-state index contributed by atoms with van der Waals surface area (Å²) in [5.74, 6) is 0.373. The number of fused-ring (bicyclic) bond motifs is 2. The van der Waals surface area contributed by atoms with Gasteiger partial charge in [0.05, 0.1) is 13.1 Å². The number of rotatable bonds is 4. The van der Waals surface area contributed by atoms with Crippen LogP contribution in [0.4, 0.5) is 5.82 Å². The highest BCUT2D eigenvalue weighted by atomic mass is 16.2. The largest absolute Gasteiger partial charge is 0.346 e. The first kappa shape index (κ1) is 18.9. The summed E-state index contributed by atoms with van der Waals surface area (Å²) in [5.41, 5.74) is 3.93. The smallest absolute Gasteiger partial charge is 0.246 e. The molecule has 0 unspecified atom stereocenters. The molecule has 7 nitrogen and oxygen atoms in total. The zero-order valence-electron chi connectivity index (χ0n) is 16.5. The van der Waals surface area contributed by atoms with E-state index in [1.807, 2.05) is 25.2 Å². The number of nitrogens with zero attached hydrogens (tertiary/aromatic N) is 3. The third-order valence-corrected chi connectivity index (χ3v) is 5.09. The van der Waals surface area contributed by atoms with E-state index in [0.717, 1.165) is 27.7 Å². The maximum atomic E-state index is 12.6. The van der Waals surface area contributed by atoms with Crippen molar-refractivity contribution in [2.75, 3.05) is 18.9 Å². The van der Waals surface area contributed by atoms with Gasteiger partial charge >= 0.3 is 0 Å². The summed E-state index contributed by atoms with van der Waals surface area (Å²) in [4.78, 5) is 30.1. The molecule has 3 heterocycles. The predicted octanol–water partition coefficient (Wildman–Crippen LogP) is 2.29. The summed E-state index contributed by atoms with van der Waals surface area (Å²) in [6, 6.07) is 12.2. The maximum absolute atomic E-state index is 12.6. The normalized spacial score (nSPS) is 13.9. The van der Waals surface area contributed by atoms with Crippen LogP contribution in [0, 0.1) is 0 Å². The molecular weight excluding hydrogens is 366 g/mol. The van der Waals surface area contributed by atoms with E-state index >= 15 is 0 Å². The van der Waals surface area contributed by atoms with Gasteiger partial charge in [0.1, 0.15) is 5.82 Å². The van der Waals surface area contributed by atoms with E-state index in [4.69, 9.17) is 0 Å². The fraction of sp³-hybridized carbons (Fsp3) is 0.227. The van der Waals surface area contributed by atoms with E-state index in [-0.39, 0.29) is 18.4 Å². The van der Waals surface area contributed by atoms with E-state index < -0.39 is 0 Å². The monoisotopic (exact) mass is 389 g/mol. The quantitative estimate of drug-likeness (QED) is 0.671. The van der Waals surface area contributed by atoms with Gasteiger partial charge in [-0.2, -0.15) is 0 Å². The number of para-hydroxylation sites is 1. The number of aryl methyl sites for hydroxylation is 1. The van der Waals surface area contributed by atoms with Crippen molar-refractivity contribution in [3.05, 3.63) is 65.5 Å². The Morgan fingerprint density at radius 3 is 2.93 bits per heavy atom. The number of hydrogen-bond acceptors (Lipinski definition) is 4. The number of nitrogens with one attached hydrogen (secondary N) is 2. The van der Waals surface area contributed by atoms with Crippen molar-refractivity contribution >= 4 is 34.6 Å². The van der Waals surface area contributed by atoms with Crippen LogP contribution in [0.3, 0.4) is 0 Å². The number of pyridine rings is 1. The molecule has 0 radical (unpaired) electrons. The van der Waals surface area contributed by atoms with Gasteiger partial charge in [0.2, 0.25) is 11.8 Å². The van der Waals surface area contributed by atoms with E-state index in [2.05, 4.69) is 38.4 Å². The molecule has 0 atom stereocenters. The topological polar surface area (TPSA) is 79.3 Å². The fourth-order valence-corrected chi connectivity index (χ4v) is 3.47. The second kappa shape index (κ2) is 7.89. The van der Waals surface area contributed by atoms with Gasteiger partial charge in [-0.25, -0.2) is 4.98 Å². The van der Waals surface area contributed by atoms with E-state index in [1.165, 1.54) is 0 Å². The predicted molar refractivity (Wildman–Crippen MR) is 113 cm³/mol. The van der Waals surface area contributed by atoms with Crippen molar-refractivity contribution in [2.45, 2.75) is 13.1 Å². The molecule has 0 fully saturated rings. The summed E-state index contributed by atoms with van der Waals surface area (Å²) in [5, 5.41) is 6.98. The van der Waals surface area contributed by atoms with Gasteiger partial charge < -0.3 is 20.1 Å². The lowest BCUT2D eigenvalue weighted by molar-refractivity contribution is -0.125. The first-order chi connectivity index (χ1) is 14.0. The Morgan fingerprint density at radius 1 is 1.28 bits per heavy atom. The van der Waals surface area contributed by atoms with Gasteiger partial charge in [0, 0.05) is 49.7 Å². The Morgan fingerprint density at radius 2 is 2.10 bits per heavy atom. The summed E-state index contributed by atoms with van der Waals surface area (Å²) in [7, 11) is 3.80. The molecule has 3 aromatic rings. The van der Waals surface area contributed by atoms with Crippen LogP contribution >= 0.6 is 0 Å². The third kappa shape index (κ3) is 4.05. The van der Waals surface area contributed by atoms with Gasteiger partial charge in [-0.1, -0.05) is 18.2 Å². The van der Waals surface area contributed by atoms with Gasteiger partial charge in [-0.3, -0.25) is 9.59 Å². The number of benzene rings is 1. The van der Waals surface area contributed by atoms with Gasteiger partial charge in [0.15, 0.2) is 0 Å². The molecule has 1 aliphatic heterocycles. The first-order valence-electron chi connectivity index (χ1n) is 9.47. The molecule has 148 valence electrons. The van der Waals surface area contributed by atoms with Crippen LogP contribution in [0.5, 0.6) is 0 Å². The van der Waals surface area contributed by atoms with Crippen LogP contribution in [0.15, 0.2) is 48.7 Å². The highest BCUT2D eigenvalue weighted by Gasteiger charge is 2.14. The molecule has 4 rings (SSSR count). The molecule has 1 aliphatic rings. The Balaban J connectivity index is 1.45. The van der Waals surface area contributed by atoms with Crippen LogP contribution in [0.1, 0.15) is 16.8 Å². The number of hydrogen-bond donors (Lipinski definition) is 2. The molecule has 7 heteroatoms. The third-order valence-electron chi connectivity index (χ3n) is 5.09. The van der Waals surface area contributed by atoms with Crippen LogP contribution in [0.2, 0.25) is 0 Å². The average molecular weight is 389 g/mol. The Hall–Kier alpha value is -3.45. The molecular formula is C22H23N5O2. The average Bonchev–Trinajstić information content (AvgIpc) is 2.90. The number of likely N-dealkylation sites (N-methyl/N-ethyl adjacent to an activating group) is 1. The lowest BCUT2D eigenvalue weighted by atomic mass is 10.1. The van der Waals surface area contributed by atoms with Crippen molar-refractivity contribution in [1.82, 2.24) is 19.8 Å². The van der Waals surface area contributed by atoms with Gasteiger partial charge in [-0.05, 0) is 35.2 Å².